The molecule has 2 aromatic rings. The van der Waals surface area contributed by atoms with Crippen LogP contribution < -0.4 is 11.1 Å². The van der Waals surface area contributed by atoms with E-state index in [-0.39, 0.29) is 5.91 Å². The van der Waals surface area contributed by atoms with Crippen molar-refractivity contribution in [1.82, 2.24) is 4.98 Å². The van der Waals surface area contributed by atoms with Crippen molar-refractivity contribution in [2.24, 2.45) is 0 Å². The lowest BCUT2D eigenvalue weighted by atomic mass is 10.2. The number of rotatable bonds is 2. The summed E-state index contributed by atoms with van der Waals surface area (Å²) in [7, 11) is 0. The summed E-state index contributed by atoms with van der Waals surface area (Å²) in [6, 6.07) is 4.75. The molecular formula is C10H8ClN3OS. The van der Waals surface area contributed by atoms with E-state index < -0.39 is 0 Å². The van der Waals surface area contributed by atoms with Gasteiger partial charge in [0.15, 0.2) is 5.13 Å². The van der Waals surface area contributed by atoms with Gasteiger partial charge >= 0.3 is 0 Å². The van der Waals surface area contributed by atoms with E-state index in [2.05, 4.69) is 10.3 Å². The van der Waals surface area contributed by atoms with Crippen molar-refractivity contribution < 1.29 is 4.79 Å². The third-order valence-electron chi connectivity index (χ3n) is 1.89. The second-order valence-electron chi connectivity index (χ2n) is 3.03. The minimum absolute atomic E-state index is 0.292. The van der Waals surface area contributed by atoms with E-state index in [9.17, 15) is 4.79 Å². The quantitative estimate of drug-likeness (QED) is 0.809. The number of carbonyl (C=O) groups is 1. The first kappa shape index (κ1) is 10.9. The van der Waals surface area contributed by atoms with Gasteiger partial charge in [0.2, 0.25) is 0 Å². The van der Waals surface area contributed by atoms with Crippen LogP contribution in [0.4, 0.5) is 10.8 Å². The normalized spacial score (nSPS) is 10.1. The zero-order valence-corrected chi connectivity index (χ0v) is 9.68. The molecule has 1 amide bonds. The molecule has 4 nitrogen and oxygen atoms in total. The number of hydrogen-bond acceptors (Lipinski definition) is 4. The van der Waals surface area contributed by atoms with Crippen LogP contribution in [0.1, 0.15) is 10.4 Å². The molecule has 0 aliphatic rings. The Bertz CT molecular complexity index is 513. The fraction of sp³-hybridized carbons (Fsp3) is 0. The van der Waals surface area contributed by atoms with Crippen molar-refractivity contribution in [1.29, 1.82) is 0 Å². The van der Waals surface area contributed by atoms with Crippen LogP contribution in [0.15, 0.2) is 29.8 Å². The number of nitrogen functional groups attached to an aromatic ring is 1. The molecule has 1 aromatic heterocycles. The summed E-state index contributed by atoms with van der Waals surface area (Å²) in [4.78, 5) is 15.7. The molecule has 3 N–H and O–H groups in total. The molecule has 0 unspecified atom stereocenters. The molecule has 6 heteroatoms. The molecule has 0 atom stereocenters. The first-order valence-electron chi connectivity index (χ1n) is 4.42. The van der Waals surface area contributed by atoms with Crippen LogP contribution in [-0.2, 0) is 0 Å². The van der Waals surface area contributed by atoms with Crippen molar-refractivity contribution in [2.45, 2.75) is 0 Å². The van der Waals surface area contributed by atoms with E-state index in [0.717, 1.165) is 0 Å². The fourth-order valence-corrected chi connectivity index (χ4v) is 1.96. The molecule has 0 fully saturated rings. The second kappa shape index (κ2) is 4.51. The van der Waals surface area contributed by atoms with Crippen LogP contribution in [0.25, 0.3) is 0 Å². The SMILES string of the molecule is Nc1ccc(C(=O)Nc2nccs2)c(Cl)c1. The minimum atomic E-state index is -0.292. The lowest BCUT2D eigenvalue weighted by Gasteiger charge is -2.04. The van der Waals surface area contributed by atoms with Crippen LogP contribution in [0.2, 0.25) is 5.02 Å². The number of hydrogen-bond donors (Lipinski definition) is 2. The summed E-state index contributed by atoms with van der Waals surface area (Å²) in [5.74, 6) is -0.292. The molecule has 82 valence electrons. The van der Waals surface area contributed by atoms with Crippen LogP contribution >= 0.6 is 22.9 Å². The molecule has 1 aromatic carbocycles. The number of aromatic nitrogens is 1. The third kappa shape index (κ3) is 2.32. The third-order valence-corrected chi connectivity index (χ3v) is 2.89. The Morgan fingerprint density at radius 1 is 1.50 bits per heavy atom. The summed E-state index contributed by atoms with van der Waals surface area (Å²) in [5.41, 5.74) is 6.44. The number of nitrogens with two attached hydrogens (primary N) is 1. The summed E-state index contributed by atoms with van der Waals surface area (Å²) >= 11 is 7.25. The molecule has 0 saturated heterocycles. The van der Waals surface area contributed by atoms with E-state index in [1.165, 1.54) is 17.4 Å². The number of anilines is 2. The molecule has 2 rings (SSSR count). The van der Waals surface area contributed by atoms with Gasteiger partial charge in [0.05, 0.1) is 10.6 Å². The van der Waals surface area contributed by atoms with Gasteiger partial charge in [-0.3, -0.25) is 10.1 Å². The maximum atomic E-state index is 11.8. The van der Waals surface area contributed by atoms with Gasteiger partial charge < -0.3 is 5.73 Å². The Balaban J connectivity index is 2.21. The predicted molar refractivity (Wildman–Crippen MR) is 65.9 cm³/mol. The Morgan fingerprint density at radius 3 is 2.94 bits per heavy atom. The monoisotopic (exact) mass is 253 g/mol. The number of halogens is 1. The minimum Gasteiger partial charge on any atom is -0.399 e. The smallest absolute Gasteiger partial charge is 0.258 e. The molecular weight excluding hydrogens is 246 g/mol. The van der Waals surface area contributed by atoms with Gasteiger partial charge in [-0.05, 0) is 18.2 Å². The van der Waals surface area contributed by atoms with Crippen LogP contribution in [-0.4, -0.2) is 10.9 Å². The lowest BCUT2D eigenvalue weighted by Crippen LogP contribution is -2.12. The maximum absolute atomic E-state index is 11.8. The number of amides is 1. The highest BCUT2D eigenvalue weighted by molar-refractivity contribution is 7.13. The largest absolute Gasteiger partial charge is 0.399 e. The molecule has 16 heavy (non-hydrogen) atoms. The van der Waals surface area contributed by atoms with Gasteiger partial charge in [0.1, 0.15) is 0 Å². The second-order valence-corrected chi connectivity index (χ2v) is 4.33. The van der Waals surface area contributed by atoms with Gasteiger partial charge in [-0.25, -0.2) is 4.98 Å². The zero-order chi connectivity index (χ0) is 11.5. The van der Waals surface area contributed by atoms with E-state index >= 15 is 0 Å². The topological polar surface area (TPSA) is 68.0 Å². The van der Waals surface area contributed by atoms with E-state index in [1.54, 1.807) is 23.7 Å². The van der Waals surface area contributed by atoms with Gasteiger partial charge in [-0.15, -0.1) is 11.3 Å². The van der Waals surface area contributed by atoms with Gasteiger partial charge in [-0.2, -0.15) is 0 Å². The first-order valence-corrected chi connectivity index (χ1v) is 5.68. The molecule has 0 radical (unpaired) electrons. The van der Waals surface area contributed by atoms with Gasteiger partial charge in [0.25, 0.3) is 5.91 Å². The van der Waals surface area contributed by atoms with E-state index in [4.69, 9.17) is 17.3 Å². The zero-order valence-electron chi connectivity index (χ0n) is 8.11. The summed E-state index contributed by atoms with van der Waals surface area (Å²) in [6.07, 6.45) is 1.62. The predicted octanol–water partition coefficient (Wildman–Crippen LogP) is 2.63. The number of carbonyl (C=O) groups excluding carboxylic acids is 1. The van der Waals surface area contributed by atoms with Crippen LogP contribution in [0, 0.1) is 0 Å². The maximum Gasteiger partial charge on any atom is 0.258 e. The standard InChI is InChI=1S/C10H8ClN3OS/c11-8-5-6(12)1-2-7(8)9(15)14-10-13-3-4-16-10/h1-5H,12H2,(H,13,14,15). The Kier molecular flexibility index (Phi) is 3.07. The number of nitrogens with zero attached hydrogens (tertiary/aromatic N) is 1. The highest BCUT2D eigenvalue weighted by Crippen LogP contribution is 2.21. The molecule has 0 saturated carbocycles. The Morgan fingerprint density at radius 2 is 2.31 bits per heavy atom. The van der Waals surface area contributed by atoms with Crippen molar-refractivity contribution in [3.05, 3.63) is 40.4 Å². The Labute approximate surface area is 101 Å². The summed E-state index contributed by atoms with van der Waals surface area (Å²) in [5, 5.41) is 5.29. The molecule has 0 aliphatic heterocycles. The average Bonchev–Trinajstić information content (AvgIpc) is 2.70. The van der Waals surface area contributed by atoms with Crippen molar-refractivity contribution in [2.75, 3.05) is 11.1 Å². The number of nitrogens with one attached hydrogen (secondary N) is 1. The number of benzene rings is 1. The molecule has 0 aliphatic carbocycles. The summed E-state index contributed by atoms with van der Waals surface area (Å²) < 4.78 is 0. The van der Waals surface area contributed by atoms with Crippen molar-refractivity contribution in [3.63, 3.8) is 0 Å². The summed E-state index contributed by atoms with van der Waals surface area (Å²) in [6.45, 7) is 0. The lowest BCUT2D eigenvalue weighted by molar-refractivity contribution is 0.102. The van der Waals surface area contributed by atoms with E-state index in [0.29, 0.717) is 21.4 Å². The average molecular weight is 254 g/mol. The Hall–Kier alpha value is -1.59. The van der Waals surface area contributed by atoms with Gasteiger partial charge in [0, 0.05) is 17.3 Å². The molecule has 0 spiro atoms. The van der Waals surface area contributed by atoms with Gasteiger partial charge in [-0.1, -0.05) is 11.6 Å². The molecule has 1 heterocycles. The van der Waals surface area contributed by atoms with Crippen molar-refractivity contribution in [3.8, 4) is 0 Å². The number of thiazole rings is 1. The first-order chi connectivity index (χ1) is 7.66. The van der Waals surface area contributed by atoms with E-state index in [1.807, 2.05) is 0 Å². The van der Waals surface area contributed by atoms with Crippen molar-refractivity contribution >= 4 is 39.7 Å². The molecule has 0 bridgehead atoms. The highest BCUT2D eigenvalue weighted by Gasteiger charge is 2.11. The highest BCUT2D eigenvalue weighted by atomic mass is 35.5. The van der Waals surface area contributed by atoms with Crippen LogP contribution in [0.5, 0.6) is 0 Å². The fourth-order valence-electron chi connectivity index (χ4n) is 1.17. The van der Waals surface area contributed by atoms with Crippen LogP contribution in [0.3, 0.4) is 0 Å².